The fraction of sp³-hybridized carbons (Fsp3) is 0.364. The third-order valence-electron chi connectivity index (χ3n) is 2.54. The second kappa shape index (κ2) is 4.77. The van der Waals surface area contributed by atoms with Gasteiger partial charge in [0.25, 0.3) is 5.91 Å². The molecule has 18 heavy (non-hydrogen) atoms. The van der Waals surface area contributed by atoms with Gasteiger partial charge in [0.1, 0.15) is 10.7 Å². The molecule has 1 amide bonds. The second-order valence-electron chi connectivity index (χ2n) is 4.08. The number of nitrogens with two attached hydrogens (primary N) is 1. The summed E-state index contributed by atoms with van der Waals surface area (Å²) in [5.41, 5.74) is 6.45. The Labute approximate surface area is 109 Å². The van der Waals surface area contributed by atoms with Crippen LogP contribution in [0, 0.1) is 6.92 Å². The van der Waals surface area contributed by atoms with Gasteiger partial charge in [-0.2, -0.15) is 5.10 Å². The maximum Gasteiger partial charge on any atom is 0.272 e. The highest BCUT2D eigenvalue weighted by atomic mass is 32.1. The topological polar surface area (TPSA) is 85.8 Å². The zero-order valence-electron chi connectivity index (χ0n) is 10.5. The molecule has 7 heteroatoms. The summed E-state index contributed by atoms with van der Waals surface area (Å²) in [6, 6.07) is -0.148. The largest absolute Gasteiger partial charge is 0.396 e. The van der Waals surface area contributed by atoms with Crippen molar-refractivity contribution in [1.82, 2.24) is 20.1 Å². The van der Waals surface area contributed by atoms with Gasteiger partial charge in [-0.25, -0.2) is 4.98 Å². The predicted molar refractivity (Wildman–Crippen MR) is 70.4 cm³/mol. The molecule has 6 nitrogen and oxygen atoms in total. The van der Waals surface area contributed by atoms with Crippen molar-refractivity contribution in [1.29, 1.82) is 0 Å². The van der Waals surface area contributed by atoms with Crippen molar-refractivity contribution in [2.45, 2.75) is 19.9 Å². The van der Waals surface area contributed by atoms with Crippen LogP contribution in [0.2, 0.25) is 0 Å². The molecule has 2 aromatic heterocycles. The van der Waals surface area contributed by atoms with Crippen LogP contribution in [0.15, 0.2) is 12.4 Å². The molecule has 0 bridgehead atoms. The molecular formula is C11H15N5OS. The van der Waals surface area contributed by atoms with Crippen LogP contribution in [0.5, 0.6) is 0 Å². The van der Waals surface area contributed by atoms with Crippen molar-refractivity contribution in [3.05, 3.63) is 28.0 Å². The summed E-state index contributed by atoms with van der Waals surface area (Å²) in [6.45, 7) is 3.87. The van der Waals surface area contributed by atoms with Crippen molar-refractivity contribution >= 4 is 22.9 Å². The Hall–Kier alpha value is -1.89. The van der Waals surface area contributed by atoms with Crippen LogP contribution in [-0.2, 0) is 7.05 Å². The van der Waals surface area contributed by atoms with Gasteiger partial charge in [0.15, 0.2) is 0 Å². The molecule has 0 radical (unpaired) electrons. The van der Waals surface area contributed by atoms with Gasteiger partial charge >= 0.3 is 0 Å². The number of carbonyl (C=O) groups excluding carboxylic acids is 1. The van der Waals surface area contributed by atoms with Gasteiger partial charge < -0.3 is 11.1 Å². The first kappa shape index (κ1) is 12.6. The van der Waals surface area contributed by atoms with E-state index in [1.807, 2.05) is 13.8 Å². The summed E-state index contributed by atoms with van der Waals surface area (Å²) in [6.07, 6.45) is 3.26. The van der Waals surface area contributed by atoms with Gasteiger partial charge in [-0.15, -0.1) is 11.3 Å². The highest BCUT2D eigenvalue weighted by molar-refractivity contribution is 7.11. The number of thiazole rings is 1. The van der Waals surface area contributed by atoms with E-state index in [1.165, 1.54) is 10.9 Å². The average Bonchev–Trinajstić information content (AvgIpc) is 2.85. The van der Waals surface area contributed by atoms with Gasteiger partial charge in [-0.1, -0.05) is 0 Å². The van der Waals surface area contributed by atoms with E-state index < -0.39 is 0 Å². The minimum absolute atomic E-state index is 0.148. The van der Waals surface area contributed by atoms with E-state index in [4.69, 9.17) is 5.73 Å². The lowest BCUT2D eigenvalue weighted by Gasteiger charge is -2.11. The van der Waals surface area contributed by atoms with E-state index in [1.54, 1.807) is 24.6 Å². The summed E-state index contributed by atoms with van der Waals surface area (Å²) < 4.78 is 1.46. The van der Waals surface area contributed by atoms with Crippen LogP contribution in [0.4, 0.5) is 5.69 Å². The lowest BCUT2D eigenvalue weighted by Crippen LogP contribution is -2.29. The molecule has 0 fully saturated rings. The molecule has 2 heterocycles. The van der Waals surface area contributed by atoms with Crippen molar-refractivity contribution in [3.63, 3.8) is 0 Å². The quantitative estimate of drug-likeness (QED) is 0.874. The Kier molecular flexibility index (Phi) is 3.33. The number of anilines is 1. The molecular weight excluding hydrogens is 250 g/mol. The minimum atomic E-state index is -0.243. The molecule has 0 aromatic carbocycles. The van der Waals surface area contributed by atoms with E-state index in [0.29, 0.717) is 11.4 Å². The number of carbonyl (C=O) groups is 1. The Morgan fingerprint density at radius 1 is 1.56 bits per heavy atom. The number of nitrogen functional groups attached to an aromatic ring is 1. The first-order valence-corrected chi connectivity index (χ1v) is 6.31. The zero-order chi connectivity index (χ0) is 13.3. The highest BCUT2D eigenvalue weighted by Gasteiger charge is 2.18. The second-order valence-corrected chi connectivity index (χ2v) is 5.34. The maximum absolute atomic E-state index is 12.1. The lowest BCUT2D eigenvalue weighted by atomic mass is 10.3. The number of amides is 1. The number of aryl methyl sites for hydroxylation is 2. The smallest absolute Gasteiger partial charge is 0.272 e. The zero-order valence-corrected chi connectivity index (χ0v) is 11.3. The molecule has 1 atom stereocenters. The number of rotatable bonds is 3. The summed E-state index contributed by atoms with van der Waals surface area (Å²) in [5.74, 6) is -0.243. The standard InChI is InChI=1S/C11H15N5OS/c1-6-4-13-11(18-6)7(2)15-10(17)9-8(12)5-14-16(9)3/h4-5,7H,12H2,1-3H3,(H,15,17). The van der Waals surface area contributed by atoms with Gasteiger partial charge in [0.05, 0.1) is 17.9 Å². The van der Waals surface area contributed by atoms with Crippen LogP contribution in [0.3, 0.4) is 0 Å². The summed E-state index contributed by atoms with van der Waals surface area (Å²) in [5, 5.41) is 7.68. The molecule has 0 aliphatic carbocycles. The molecule has 1 unspecified atom stereocenters. The van der Waals surface area contributed by atoms with Crippen LogP contribution in [-0.4, -0.2) is 20.7 Å². The third-order valence-corrected chi connectivity index (χ3v) is 3.63. The third kappa shape index (κ3) is 2.35. The Balaban J connectivity index is 2.13. The van der Waals surface area contributed by atoms with E-state index >= 15 is 0 Å². The monoisotopic (exact) mass is 265 g/mol. The van der Waals surface area contributed by atoms with Gasteiger partial charge in [0, 0.05) is 18.1 Å². The molecule has 0 aliphatic heterocycles. The molecule has 2 rings (SSSR count). The Bertz CT molecular complexity index is 554. The van der Waals surface area contributed by atoms with Crippen LogP contribution in [0.1, 0.15) is 33.3 Å². The van der Waals surface area contributed by atoms with E-state index in [0.717, 1.165) is 9.88 Å². The Morgan fingerprint density at radius 3 is 2.78 bits per heavy atom. The SMILES string of the molecule is Cc1cnc(C(C)NC(=O)c2c(N)cnn2C)s1. The number of nitrogens with zero attached hydrogens (tertiary/aromatic N) is 3. The van der Waals surface area contributed by atoms with E-state index in [2.05, 4.69) is 15.4 Å². The molecule has 96 valence electrons. The summed E-state index contributed by atoms with van der Waals surface area (Å²) >= 11 is 1.56. The van der Waals surface area contributed by atoms with Crippen molar-refractivity contribution < 1.29 is 4.79 Å². The van der Waals surface area contributed by atoms with Crippen molar-refractivity contribution in [2.24, 2.45) is 7.05 Å². The molecule has 0 aliphatic rings. The first-order chi connectivity index (χ1) is 8.49. The molecule has 3 N–H and O–H groups in total. The van der Waals surface area contributed by atoms with E-state index in [9.17, 15) is 4.79 Å². The highest BCUT2D eigenvalue weighted by Crippen LogP contribution is 2.20. The maximum atomic E-state index is 12.1. The number of nitrogens with one attached hydrogen (secondary N) is 1. The predicted octanol–water partition coefficient (Wildman–Crippen LogP) is 1.26. The van der Waals surface area contributed by atoms with Gasteiger partial charge in [-0.05, 0) is 13.8 Å². The minimum Gasteiger partial charge on any atom is -0.396 e. The molecule has 2 aromatic rings. The number of hydrogen-bond donors (Lipinski definition) is 2. The normalized spacial score (nSPS) is 12.4. The van der Waals surface area contributed by atoms with Crippen LogP contribution >= 0.6 is 11.3 Å². The van der Waals surface area contributed by atoms with Crippen LogP contribution in [0.25, 0.3) is 0 Å². The van der Waals surface area contributed by atoms with Gasteiger partial charge in [-0.3, -0.25) is 9.48 Å². The van der Waals surface area contributed by atoms with Gasteiger partial charge in [0.2, 0.25) is 0 Å². The average molecular weight is 265 g/mol. The molecule has 0 saturated carbocycles. The molecule has 0 saturated heterocycles. The van der Waals surface area contributed by atoms with Crippen molar-refractivity contribution in [3.8, 4) is 0 Å². The van der Waals surface area contributed by atoms with Crippen molar-refractivity contribution in [2.75, 3.05) is 5.73 Å². The summed E-state index contributed by atoms with van der Waals surface area (Å²) in [7, 11) is 1.68. The molecule has 0 spiro atoms. The Morgan fingerprint density at radius 2 is 2.28 bits per heavy atom. The first-order valence-electron chi connectivity index (χ1n) is 5.49. The fourth-order valence-electron chi connectivity index (χ4n) is 1.63. The number of aromatic nitrogens is 3. The summed E-state index contributed by atoms with van der Waals surface area (Å²) in [4.78, 5) is 17.4. The number of hydrogen-bond acceptors (Lipinski definition) is 5. The van der Waals surface area contributed by atoms with Crippen LogP contribution < -0.4 is 11.1 Å². The van der Waals surface area contributed by atoms with E-state index in [-0.39, 0.29) is 11.9 Å². The lowest BCUT2D eigenvalue weighted by molar-refractivity contribution is 0.0931. The fourth-order valence-corrected chi connectivity index (χ4v) is 2.41.